The zero-order chi connectivity index (χ0) is 14.9. The minimum absolute atomic E-state index is 0.247. The fourth-order valence-electron chi connectivity index (χ4n) is 1.71. The Balaban J connectivity index is 1.76. The Hall–Kier alpha value is -2.88. The van der Waals surface area contributed by atoms with Crippen molar-refractivity contribution in [1.82, 2.24) is 10.6 Å². The summed E-state index contributed by atoms with van der Waals surface area (Å²) < 4.78 is 0. The average Bonchev–Trinajstić information content (AvgIpc) is 2.54. The van der Waals surface area contributed by atoms with Crippen LogP contribution in [0.3, 0.4) is 0 Å². The first kappa shape index (κ1) is 14.5. The lowest BCUT2D eigenvalue weighted by molar-refractivity contribution is -0.116. The van der Waals surface area contributed by atoms with Crippen LogP contribution in [0.4, 0.5) is 0 Å². The Morgan fingerprint density at radius 3 is 2.19 bits per heavy atom. The monoisotopic (exact) mass is 280 g/mol. The summed E-state index contributed by atoms with van der Waals surface area (Å²) in [6.45, 7) is 0.455. The quantitative estimate of drug-likeness (QED) is 0.825. The highest BCUT2D eigenvalue weighted by molar-refractivity contribution is 5.95. The second kappa shape index (κ2) is 7.65. The third kappa shape index (κ3) is 4.95. The average molecular weight is 280 g/mol. The van der Waals surface area contributed by atoms with Crippen LogP contribution in [-0.4, -0.2) is 11.8 Å². The van der Waals surface area contributed by atoms with E-state index in [9.17, 15) is 9.59 Å². The van der Waals surface area contributed by atoms with Crippen LogP contribution < -0.4 is 10.6 Å². The van der Waals surface area contributed by atoms with Gasteiger partial charge < -0.3 is 10.6 Å². The fourth-order valence-corrected chi connectivity index (χ4v) is 1.71. The number of hydrogen-bond donors (Lipinski definition) is 2. The van der Waals surface area contributed by atoms with E-state index >= 15 is 0 Å². The molecular weight excluding hydrogens is 264 g/mol. The van der Waals surface area contributed by atoms with Crippen molar-refractivity contribution in [2.45, 2.75) is 6.54 Å². The first-order valence-electron chi connectivity index (χ1n) is 6.60. The lowest BCUT2D eigenvalue weighted by Gasteiger charge is -2.02. The summed E-state index contributed by atoms with van der Waals surface area (Å²) in [5.41, 5.74) is 1.57. The summed E-state index contributed by atoms with van der Waals surface area (Å²) >= 11 is 0. The molecule has 21 heavy (non-hydrogen) atoms. The van der Waals surface area contributed by atoms with Crippen LogP contribution in [-0.2, 0) is 11.3 Å². The van der Waals surface area contributed by atoms with E-state index in [1.165, 1.54) is 12.3 Å². The Morgan fingerprint density at radius 1 is 0.905 bits per heavy atom. The minimum atomic E-state index is -0.257. The molecule has 0 radical (unpaired) electrons. The van der Waals surface area contributed by atoms with E-state index in [1.807, 2.05) is 36.4 Å². The van der Waals surface area contributed by atoms with E-state index in [-0.39, 0.29) is 11.8 Å². The van der Waals surface area contributed by atoms with Crippen molar-refractivity contribution in [3.63, 3.8) is 0 Å². The first-order valence-corrected chi connectivity index (χ1v) is 6.60. The van der Waals surface area contributed by atoms with Crippen molar-refractivity contribution in [2.75, 3.05) is 0 Å². The van der Waals surface area contributed by atoms with E-state index in [0.717, 1.165) is 5.56 Å². The molecule has 4 heteroatoms. The molecule has 0 saturated heterocycles. The van der Waals surface area contributed by atoms with E-state index in [4.69, 9.17) is 0 Å². The van der Waals surface area contributed by atoms with Gasteiger partial charge in [-0.1, -0.05) is 48.5 Å². The predicted molar refractivity (Wildman–Crippen MR) is 81.3 cm³/mol. The van der Waals surface area contributed by atoms with Gasteiger partial charge in [0.25, 0.3) is 5.91 Å². The van der Waals surface area contributed by atoms with Gasteiger partial charge in [-0.3, -0.25) is 9.59 Å². The van der Waals surface area contributed by atoms with Gasteiger partial charge in [-0.25, -0.2) is 0 Å². The van der Waals surface area contributed by atoms with Gasteiger partial charge in [-0.05, 0) is 17.7 Å². The molecule has 4 nitrogen and oxygen atoms in total. The van der Waals surface area contributed by atoms with Crippen LogP contribution in [0.2, 0.25) is 0 Å². The highest BCUT2D eigenvalue weighted by Crippen LogP contribution is 1.98. The van der Waals surface area contributed by atoms with Crippen LogP contribution in [0.15, 0.2) is 72.9 Å². The second-order valence-electron chi connectivity index (χ2n) is 4.38. The molecule has 0 heterocycles. The van der Waals surface area contributed by atoms with Gasteiger partial charge >= 0.3 is 0 Å². The van der Waals surface area contributed by atoms with E-state index < -0.39 is 0 Å². The van der Waals surface area contributed by atoms with Crippen molar-refractivity contribution >= 4 is 11.8 Å². The van der Waals surface area contributed by atoms with Crippen molar-refractivity contribution in [3.8, 4) is 0 Å². The molecule has 0 aliphatic carbocycles. The summed E-state index contributed by atoms with van der Waals surface area (Å²) in [5.74, 6) is -0.505. The van der Waals surface area contributed by atoms with Crippen LogP contribution in [0.1, 0.15) is 15.9 Å². The molecule has 2 aromatic rings. The van der Waals surface area contributed by atoms with Gasteiger partial charge in [0.1, 0.15) is 0 Å². The largest absolute Gasteiger partial charge is 0.348 e. The zero-order valence-electron chi connectivity index (χ0n) is 11.5. The molecular formula is C17H16N2O2. The summed E-state index contributed by atoms with van der Waals surface area (Å²) in [4.78, 5) is 23.3. The molecule has 2 aromatic carbocycles. The second-order valence-corrected chi connectivity index (χ2v) is 4.38. The number of rotatable bonds is 5. The highest BCUT2D eigenvalue weighted by atomic mass is 16.2. The van der Waals surface area contributed by atoms with Crippen LogP contribution in [0.25, 0.3) is 0 Å². The summed E-state index contributed by atoms with van der Waals surface area (Å²) in [5, 5.41) is 5.28. The molecule has 0 spiro atoms. The molecule has 0 bridgehead atoms. The maximum absolute atomic E-state index is 11.7. The lowest BCUT2D eigenvalue weighted by Crippen LogP contribution is -2.22. The fraction of sp³-hybridized carbons (Fsp3) is 0.0588. The van der Waals surface area contributed by atoms with Crippen molar-refractivity contribution in [3.05, 3.63) is 84.1 Å². The standard InChI is InChI=1S/C17H16N2O2/c20-16(19-13-14-7-3-1-4-8-14)11-12-18-17(21)15-9-5-2-6-10-15/h1-12H,13H2,(H,18,21)(H,19,20). The van der Waals surface area contributed by atoms with Gasteiger partial charge in [0, 0.05) is 24.4 Å². The smallest absolute Gasteiger partial charge is 0.255 e. The van der Waals surface area contributed by atoms with Gasteiger partial charge in [0.15, 0.2) is 0 Å². The van der Waals surface area contributed by atoms with Gasteiger partial charge in [-0.2, -0.15) is 0 Å². The molecule has 0 aromatic heterocycles. The molecule has 0 fully saturated rings. The molecule has 0 unspecified atom stereocenters. The van der Waals surface area contributed by atoms with E-state index in [1.54, 1.807) is 24.3 Å². The Morgan fingerprint density at radius 2 is 1.52 bits per heavy atom. The highest BCUT2D eigenvalue weighted by Gasteiger charge is 2.01. The van der Waals surface area contributed by atoms with Gasteiger partial charge in [0.2, 0.25) is 5.91 Å². The maximum Gasteiger partial charge on any atom is 0.255 e. The SMILES string of the molecule is O=C(C=CNC(=O)c1ccccc1)NCc1ccccc1. The summed E-state index contributed by atoms with van der Waals surface area (Å²) in [7, 11) is 0. The first-order chi connectivity index (χ1) is 10.3. The third-order valence-corrected chi connectivity index (χ3v) is 2.79. The Kier molecular flexibility index (Phi) is 5.29. The normalized spacial score (nSPS) is 10.3. The van der Waals surface area contributed by atoms with Crippen LogP contribution >= 0.6 is 0 Å². The number of carbonyl (C=O) groups is 2. The molecule has 2 amide bonds. The molecule has 0 aliphatic heterocycles. The molecule has 2 N–H and O–H groups in total. The van der Waals surface area contributed by atoms with E-state index in [0.29, 0.717) is 12.1 Å². The van der Waals surface area contributed by atoms with Crippen molar-refractivity contribution in [2.24, 2.45) is 0 Å². The summed E-state index contributed by atoms with van der Waals surface area (Å²) in [6, 6.07) is 18.4. The summed E-state index contributed by atoms with van der Waals surface area (Å²) in [6.07, 6.45) is 2.64. The third-order valence-electron chi connectivity index (χ3n) is 2.79. The van der Waals surface area contributed by atoms with Crippen LogP contribution in [0, 0.1) is 0 Å². The molecule has 0 atom stereocenters. The Bertz CT molecular complexity index is 622. The van der Waals surface area contributed by atoms with Crippen molar-refractivity contribution < 1.29 is 9.59 Å². The number of benzene rings is 2. The predicted octanol–water partition coefficient (Wildman–Crippen LogP) is 2.25. The molecule has 106 valence electrons. The lowest BCUT2D eigenvalue weighted by atomic mass is 10.2. The van der Waals surface area contributed by atoms with E-state index in [2.05, 4.69) is 10.6 Å². The number of carbonyl (C=O) groups excluding carboxylic acids is 2. The minimum Gasteiger partial charge on any atom is -0.348 e. The van der Waals surface area contributed by atoms with Gasteiger partial charge in [0.05, 0.1) is 0 Å². The van der Waals surface area contributed by atoms with Crippen molar-refractivity contribution in [1.29, 1.82) is 0 Å². The number of amides is 2. The maximum atomic E-state index is 11.7. The molecule has 0 saturated carbocycles. The Labute approximate surface area is 123 Å². The number of hydrogen-bond acceptors (Lipinski definition) is 2. The van der Waals surface area contributed by atoms with Gasteiger partial charge in [-0.15, -0.1) is 0 Å². The topological polar surface area (TPSA) is 58.2 Å². The molecule has 0 aliphatic rings. The molecule has 2 rings (SSSR count). The number of nitrogens with one attached hydrogen (secondary N) is 2. The zero-order valence-corrected chi connectivity index (χ0v) is 11.5. The van der Waals surface area contributed by atoms with Crippen LogP contribution in [0.5, 0.6) is 0 Å².